The largest absolute Gasteiger partial charge is 0.340 e. The fourth-order valence-corrected chi connectivity index (χ4v) is 2.87. The zero-order valence-corrected chi connectivity index (χ0v) is 12.5. The number of nitrogens with zero attached hydrogens (tertiary/aromatic N) is 3. The first-order valence-corrected chi connectivity index (χ1v) is 7.36. The van der Waals surface area contributed by atoms with Gasteiger partial charge in [-0.3, -0.25) is 4.90 Å². The highest BCUT2D eigenvalue weighted by Gasteiger charge is 2.30. The van der Waals surface area contributed by atoms with Crippen LogP contribution in [0.1, 0.15) is 45.3 Å². The van der Waals surface area contributed by atoms with Crippen LogP contribution in [0, 0.1) is 12.8 Å². The highest BCUT2D eigenvalue weighted by Crippen LogP contribution is 2.19. The van der Waals surface area contributed by atoms with E-state index in [0.29, 0.717) is 23.9 Å². The minimum atomic E-state index is 0.548. The van der Waals surface area contributed by atoms with E-state index < -0.39 is 0 Å². The third kappa shape index (κ3) is 3.76. The summed E-state index contributed by atoms with van der Waals surface area (Å²) in [4.78, 5) is 6.84. The van der Waals surface area contributed by atoms with E-state index in [-0.39, 0.29) is 0 Å². The molecule has 0 bridgehead atoms. The number of rotatable bonds is 5. The molecule has 0 amide bonds. The van der Waals surface area contributed by atoms with Gasteiger partial charge < -0.3 is 9.84 Å². The average Bonchev–Trinajstić information content (AvgIpc) is 2.75. The van der Waals surface area contributed by atoms with E-state index in [2.05, 4.69) is 41.1 Å². The van der Waals surface area contributed by atoms with E-state index in [0.717, 1.165) is 25.5 Å². The summed E-state index contributed by atoms with van der Waals surface area (Å²) in [5, 5.41) is 7.69. The van der Waals surface area contributed by atoms with Crippen molar-refractivity contribution in [3.05, 3.63) is 11.7 Å². The fraction of sp³-hybridized carbons (Fsp3) is 0.857. The van der Waals surface area contributed by atoms with Crippen molar-refractivity contribution in [2.24, 2.45) is 5.92 Å². The van der Waals surface area contributed by atoms with E-state index in [1.807, 2.05) is 6.92 Å². The van der Waals surface area contributed by atoms with Crippen molar-refractivity contribution >= 4 is 0 Å². The van der Waals surface area contributed by atoms with E-state index in [9.17, 15) is 0 Å². The topological polar surface area (TPSA) is 54.2 Å². The van der Waals surface area contributed by atoms with Crippen molar-refractivity contribution in [1.82, 2.24) is 20.4 Å². The molecule has 2 atom stereocenters. The summed E-state index contributed by atoms with van der Waals surface area (Å²) in [5.41, 5.74) is 0. The predicted octanol–water partition coefficient (Wildman–Crippen LogP) is 1.98. The normalized spacial score (nSPS) is 25.1. The monoisotopic (exact) mass is 266 g/mol. The van der Waals surface area contributed by atoms with Gasteiger partial charge in [0.25, 0.3) is 0 Å². The van der Waals surface area contributed by atoms with Gasteiger partial charge in [-0.15, -0.1) is 0 Å². The van der Waals surface area contributed by atoms with Gasteiger partial charge in [-0.05, 0) is 12.3 Å². The molecule has 0 aliphatic carbocycles. The van der Waals surface area contributed by atoms with Crippen LogP contribution in [0.25, 0.3) is 0 Å². The first-order chi connectivity index (χ1) is 9.10. The maximum Gasteiger partial charge on any atom is 0.223 e. The lowest BCUT2D eigenvalue weighted by atomic mass is 9.97. The molecule has 2 heterocycles. The van der Waals surface area contributed by atoms with Crippen LogP contribution in [0.15, 0.2) is 4.52 Å². The molecule has 1 fully saturated rings. The number of nitrogens with one attached hydrogen (secondary N) is 1. The molecule has 5 heteroatoms. The van der Waals surface area contributed by atoms with Crippen LogP contribution < -0.4 is 5.32 Å². The number of aromatic nitrogens is 2. The minimum absolute atomic E-state index is 0.548. The molecule has 1 saturated heterocycles. The Kier molecular flexibility index (Phi) is 4.93. The van der Waals surface area contributed by atoms with Crippen molar-refractivity contribution in [1.29, 1.82) is 0 Å². The van der Waals surface area contributed by atoms with Crippen LogP contribution in [0.5, 0.6) is 0 Å². The highest BCUT2D eigenvalue weighted by molar-refractivity contribution is 4.92. The lowest BCUT2D eigenvalue weighted by Gasteiger charge is -2.42. The standard InChI is InChI=1S/C14H26N4O/c1-5-6-12-8-18(13(7-15-12)10(2)3)9-14-16-11(4)19-17-14/h10,12-13,15H,5-9H2,1-4H3. The van der Waals surface area contributed by atoms with Crippen LogP contribution >= 0.6 is 0 Å². The second-order valence-corrected chi connectivity index (χ2v) is 5.86. The molecule has 0 aromatic carbocycles. The molecule has 2 rings (SSSR count). The van der Waals surface area contributed by atoms with Crippen LogP contribution in [0.3, 0.4) is 0 Å². The molecule has 0 radical (unpaired) electrons. The van der Waals surface area contributed by atoms with Crippen LogP contribution in [0.4, 0.5) is 0 Å². The third-order valence-corrected chi connectivity index (χ3v) is 3.86. The average molecular weight is 266 g/mol. The van der Waals surface area contributed by atoms with Crippen molar-refractivity contribution in [2.75, 3.05) is 13.1 Å². The van der Waals surface area contributed by atoms with Gasteiger partial charge in [0.05, 0.1) is 6.54 Å². The summed E-state index contributed by atoms with van der Waals surface area (Å²) >= 11 is 0. The Bertz CT molecular complexity index is 391. The Morgan fingerprint density at radius 3 is 2.84 bits per heavy atom. The number of aryl methyl sites for hydroxylation is 1. The summed E-state index contributed by atoms with van der Waals surface area (Å²) in [5.74, 6) is 2.08. The molecule has 108 valence electrons. The van der Waals surface area contributed by atoms with Crippen LogP contribution in [0.2, 0.25) is 0 Å². The minimum Gasteiger partial charge on any atom is -0.340 e. The van der Waals surface area contributed by atoms with Gasteiger partial charge >= 0.3 is 0 Å². The summed E-state index contributed by atoms with van der Waals surface area (Å²) in [6, 6.07) is 1.14. The van der Waals surface area contributed by atoms with E-state index in [4.69, 9.17) is 4.52 Å². The second kappa shape index (κ2) is 6.48. The van der Waals surface area contributed by atoms with Crippen molar-refractivity contribution in [2.45, 2.75) is 59.2 Å². The van der Waals surface area contributed by atoms with Crippen molar-refractivity contribution < 1.29 is 4.52 Å². The molecule has 19 heavy (non-hydrogen) atoms. The zero-order chi connectivity index (χ0) is 13.8. The Labute approximate surface area is 115 Å². The second-order valence-electron chi connectivity index (χ2n) is 5.86. The Morgan fingerprint density at radius 1 is 1.47 bits per heavy atom. The first kappa shape index (κ1) is 14.5. The van der Waals surface area contributed by atoms with E-state index >= 15 is 0 Å². The molecule has 1 aliphatic heterocycles. The molecule has 0 saturated carbocycles. The third-order valence-electron chi connectivity index (χ3n) is 3.86. The SMILES string of the molecule is CCCC1CN(Cc2noc(C)n2)C(C(C)C)CN1. The molecule has 1 aromatic heterocycles. The fourth-order valence-electron chi connectivity index (χ4n) is 2.87. The lowest BCUT2D eigenvalue weighted by Crippen LogP contribution is -2.57. The first-order valence-electron chi connectivity index (χ1n) is 7.36. The van der Waals surface area contributed by atoms with Crippen LogP contribution in [-0.2, 0) is 6.54 Å². The van der Waals surface area contributed by atoms with Gasteiger partial charge in [0, 0.05) is 32.1 Å². The Morgan fingerprint density at radius 2 is 2.26 bits per heavy atom. The lowest BCUT2D eigenvalue weighted by molar-refractivity contribution is 0.0851. The number of hydrogen-bond donors (Lipinski definition) is 1. The number of hydrogen-bond acceptors (Lipinski definition) is 5. The smallest absolute Gasteiger partial charge is 0.223 e. The zero-order valence-electron chi connectivity index (χ0n) is 12.5. The van der Waals surface area contributed by atoms with Gasteiger partial charge in [-0.2, -0.15) is 4.98 Å². The molecule has 1 N–H and O–H groups in total. The molecular weight excluding hydrogens is 240 g/mol. The quantitative estimate of drug-likeness (QED) is 0.883. The van der Waals surface area contributed by atoms with E-state index in [1.165, 1.54) is 12.8 Å². The van der Waals surface area contributed by atoms with Gasteiger partial charge in [-0.25, -0.2) is 0 Å². The Balaban J connectivity index is 2.02. The molecule has 1 aliphatic rings. The maximum absolute atomic E-state index is 5.07. The van der Waals surface area contributed by atoms with Crippen LogP contribution in [-0.4, -0.2) is 40.2 Å². The van der Waals surface area contributed by atoms with Gasteiger partial charge in [0.1, 0.15) is 0 Å². The van der Waals surface area contributed by atoms with Gasteiger partial charge in [0.15, 0.2) is 5.82 Å². The highest BCUT2D eigenvalue weighted by atomic mass is 16.5. The van der Waals surface area contributed by atoms with E-state index in [1.54, 1.807) is 0 Å². The maximum atomic E-state index is 5.07. The summed E-state index contributed by atoms with van der Waals surface area (Å²) in [6.45, 7) is 11.6. The van der Waals surface area contributed by atoms with Gasteiger partial charge in [0.2, 0.25) is 5.89 Å². The van der Waals surface area contributed by atoms with Crippen molar-refractivity contribution in [3.8, 4) is 0 Å². The predicted molar refractivity (Wildman–Crippen MR) is 74.8 cm³/mol. The van der Waals surface area contributed by atoms with Crippen molar-refractivity contribution in [3.63, 3.8) is 0 Å². The summed E-state index contributed by atoms with van der Waals surface area (Å²) < 4.78 is 5.07. The van der Waals surface area contributed by atoms with Gasteiger partial charge in [-0.1, -0.05) is 32.3 Å². The molecule has 5 nitrogen and oxygen atoms in total. The molecule has 2 unspecified atom stereocenters. The number of piperazine rings is 1. The molecular formula is C14H26N4O. The Hall–Kier alpha value is -0.940. The molecule has 1 aromatic rings. The molecule has 0 spiro atoms. The summed E-state index contributed by atoms with van der Waals surface area (Å²) in [7, 11) is 0. The summed E-state index contributed by atoms with van der Waals surface area (Å²) in [6.07, 6.45) is 2.45.